The van der Waals surface area contributed by atoms with Gasteiger partial charge in [-0.1, -0.05) is 18.2 Å². The highest BCUT2D eigenvalue weighted by atomic mass is 16.5. The van der Waals surface area contributed by atoms with E-state index in [4.69, 9.17) is 14.7 Å². The van der Waals surface area contributed by atoms with Gasteiger partial charge in [-0.15, -0.1) is 0 Å². The van der Waals surface area contributed by atoms with Crippen LogP contribution in [0.4, 0.5) is 5.82 Å². The number of hydrogen-bond acceptors (Lipinski definition) is 5. The van der Waals surface area contributed by atoms with E-state index in [2.05, 4.69) is 29.3 Å². The number of fused-ring (bicyclic) bond motifs is 1. The van der Waals surface area contributed by atoms with Crippen LogP contribution in [-0.2, 0) is 16.1 Å². The fourth-order valence-electron chi connectivity index (χ4n) is 3.76. The van der Waals surface area contributed by atoms with Gasteiger partial charge in [-0.3, -0.25) is 4.79 Å². The number of ether oxygens (including phenoxy) is 1. The highest BCUT2D eigenvalue weighted by Gasteiger charge is 2.27. The van der Waals surface area contributed by atoms with Crippen molar-refractivity contribution in [3.8, 4) is 0 Å². The SMILES string of the molecule is CCNC(=NCc1cc(N(C)C)nc2ccccc12)N1CCC(C(=O)OCC)CC1. The summed E-state index contributed by atoms with van der Waals surface area (Å²) < 4.78 is 5.19. The summed E-state index contributed by atoms with van der Waals surface area (Å²) in [6, 6.07) is 10.3. The Hall–Kier alpha value is -2.83. The summed E-state index contributed by atoms with van der Waals surface area (Å²) in [4.78, 5) is 26.0. The molecular weight excluding hydrogens is 378 g/mol. The van der Waals surface area contributed by atoms with Gasteiger partial charge in [0.25, 0.3) is 0 Å². The Kier molecular flexibility index (Phi) is 7.49. The second kappa shape index (κ2) is 10.3. The molecule has 0 amide bonds. The summed E-state index contributed by atoms with van der Waals surface area (Å²) in [6.07, 6.45) is 1.60. The molecule has 30 heavy (non-hydrogen) atoms. The van der Waals surface area contributed by atoms with Crippen LogP contribution in [0, 0.1) is 5.92 Å². The molecule has 1 aliphatic rings. The molecule has 2 heterocycles. The molecule has 7 nitrogen and oxygen atoms in total. The topological polar surface area (TPSA) is 70.1 Å². The lowest BCUT2D eigenvalue weighted by Crippen LogP contribution is -2.46. The number of guanidine groups is 1. The number of hydrogen-bond donors (Lipinski definition) is 1. The summed E-state index contributed by atoms with van der Waals surface area (Å²) in [5, 5.41) is 4.54. The maximum absolute atomic E-state index is 12.0. The molecule has 7 heteroatoms. The van der Waals surface area contributed by atoms with E-state index < -0.39 is 0 Å². The molecular formula is C23H33N5O2. The molecule has 1 aromatic heterocycles. The third-order valence-electron chi connectivity index (χ3n) is 5.40. The molecule has 0 aliphatic carbocycles. The molecule has 1 N–H and O–H groups in total. The van der Waals surface area contributed by atoms with Crippen LogP contribution in [0.5, 0.6) is 0 Å². The Balaban J connectivity index is 1.78. The van der Waals surface area contributed by atoms with Crippen LogP contribution < -0.4 is 10.2 Å². The lowest BCUT2D eigenvalue weighted by Gasteiger charge is -2.33. The third kappa shape index (κ3) is 5.20. The summed E-state index contributed by atoms with van der Waals surface area (Å²) in [6.45, 7) is 7.35. The van der Waals surface area contributed by atoms with Gasteiger partial charge in [0.2, 0.25) is 0 Å². The Bertz CT molecular complexity index is 888. The van der Waals surface area contributed by atoms with Gasteiger partial charge in [0, 0.05) is 39.1 Å². The number of piperidine rings is 1. The molecule has 3 rings (SSSR count). The monoisotopic (exact) mass is 411 g/mol. The zero-order valence-corrected chi connectivity index (χ0v) is 18.5. The number of esters is 1. The number of nitrogens with one attached hydrogen (secondary N) is 1. The van der Waals surface area contributed by atoms with Crippen molar-refractivity contribution in [2.75, 3.05) is 45.2 Å². The molecule has 1 aliphatic heterocycles. The number of rotatable bonds is 6. The molecule has 0 spiro atoms. The number of aliphatic imine (C=N–C) groups is 1. The molecule has 162 valence electrons. The van der Waals surface area contributed by atoms with E-state index in [1.807, 2.05) is 44.1 Å². The van der Waals surface area contributed by atoms with Gasteiger partial charge in [0.15, 0.2) is 5.96 Å². The fraction of sp³-hybridized carbons (Fsp3) is 0.522. The Morgan fingerprint density at radius 3 is 2.67 bits per heavy atom. The predicted molar refractivity (Wildman–Crippen MR) is 122 cm³/mol. The van der Waals surface area contributed by atoms with Crippen LogP contribution in [0.1, 0.15) is 32.3 Å². The highest BCUT2D eigenvalue weighted by molar-refractivity contribution is 5.85. The lowest BCUT2D eigenvalue weighted by atomic mass is 9.97. The van der Waals surface area contributed by atoms with Crippen molar-refractivity contribution in [1.82, 2.24) is 15.2 Å². The van der Waals surface area contributed by atoms with Crippen LogP contribution >= 0.6 is 0 Å². The van der Waals surface area contributed by atoms with Crippen molar-refractivity contribution in [1.29, 1.82) is 0 Å². The predicted octanol–water partition coefficient (Wildman–Crippen LogP) is 3.04. The normalized spacial score (nSPS) is 15.3. The first-order valence-electron chi connectivity index (χ1n) is 10.8. The van der Waals surface area contributed by atoms with E-state index >= 15 is 0 Å². The molecule has 0 bridgehead atoms. The van der Waals surface area contributed by atoms with E-state index in [9.17, 15) is 4.79 Å². The second-order valence-corrected chi connectivity index (χ2v) is 7.73. The minimum absolute atomic E-state index is 0.00383. The minimum atomic E-state index is -0.0708. The van der Waals surface area contributed by atoms with Crippen molar-refractivity contribution >= 4 is 28.6 Å². The number of likely N-dealkylation sites (tertiary alicyclic amines) is 1. The Morgan fingerprint density at radius 1 is 1.27 bits per heavy atom. The van der Waals surface area contributed by atoms with Crippen molar-refractivity contribution in [2.24, 2.45) is 10.9 Å². The van der Waals surface area contributed by atoms with E-state index in [1.54, 1.807) is 0 Å². The summed E-state index contributed by atoms with van der Waals surface area (Å²) >= 11 is 0. The average Bonchev–Trinajstić information content (AvgIpc) is 2.76. The van der Waals surface area contributed by atoms with Gasteiger partial charge in [0.05, 0.1) is 24.6 Å². The summed E-state index contributed by atoms with van der Waals surface area (Å²) in [5.41, 5.74) is 2.13. The van der Waals surface area contributed by atoms with Gasteiger partial charge >= 0.3 is 5.97 Å². The number of para-hydroxylation sites is 1. The quantitative estimate of drug-likeness (QED) is 0.448. The summed E-state index contributed by atoms with van der Waals surface area (Å²) in [5.74, 6) is 1.75. The smallest absolute Gasteiger partial charge is 0.309 e. The minimum Gasteiger partial charge on any atom is -0.466 e. The average molecular weight is 412 g/mol. The zero-order valence-electron chi connectivity index (χ0n) is 18.5. The van der Waals surface area contributed by atoms with Crippen LogP contribution in [0.2, 0.25) is 0 Å². The van der Waals surface area contributed by atoms with Gasteiger partial charge < -0.3 is 19.9 Å². The number of benzene rings is 1. The molecule has 1 saturated heterocycles. The number of pyridine rings is 1. The number of carbonyl (C=O) groups is 1. The largest absolute Gasteiger partial charge is 0.466 e. The maximum atomic E-state index is 12.0. The first kappa shape index (κ1) is 21.9. The molecule has 0 atom stereocenters. The van der Waals surface area contributed by atoms with Gasteiger partial charge in [-0.25, -0.2) is 9.98 Å². The van der Waals surface area contributed by atoms with Crippen molar-refractivity contribution in [3.05, 3.63) is 35.9 Å². The van der Waals surface area contributed by atoms with Crippen molar-refractivity contribution in [2.45, 2.75) is 33.2 Å². The van der Waals surface area contributed by atoms with Crippen LogP contribution in [0.25, 0.3) is 10.9 Å². The van der Waals surface area contributed by atoms with E-state index in [1.165, 1.54) is 0 Å². The van der Waals surface area contributed by atoms with Gasteiger partial charge in [-0.2, -0.15) is 0 Å². The Labute approximate surface area is 179 Å². The number of aromatic nitrogens is 1. The van der Waals surface area contributed by atoms with Gasteiger partial charge in [-0.05, 0) is 44.4 Å². The molecule has 0 unspecified atom stereocenters. The van der Waals surface area contributed by atoms with Crippen LogP contribution in [0.15, 0.2) is 35.3 Å². The lowest BCUT2D eigenvalue weighted by molar-refractivity contribution is -0.149. The number of carbonyl (C=O) groups excluding carboxylic acids is 1. The van der Waals surface area contributed by atoms with E-state index in [-0.39, 0.29) is 11.9 Å². The highest BCUT2D eigenvalue weighted by Crippen LogP contribution is 2.23. The van der Waals surface area contributed by atoms with E-state index in [0.29, 0.717) is 13.2 Å². The van der Waals surface area contributed by atoms with Crippen molar-refractivity contribution in [3.63, 3.8) is 0 Å². The fourth-order valence-corrected chi connectivity index (χ4v) is 3.76. The zero-order chi connectivity index (χ0) is 21.5. The third-order valence-corrected chi connectivity index (χ3v) is 5.40. The maximum Gasteiger partial charge on any atom is 0.309 e. The number of nitrogens with zero attached hydrogens (tertiary/aromatic N) is 4. The molecule has 1 fully saturated rings. The first-order valence-corrected chi connectivity index (χ1v) is 10.8. The van der Waals surface area contributed by atoms with Gasteiger partial charge in [0.1, 0.15) is 5.82 Å². The Morgan fingerprint density at radius 2 is 2.00 bits per heavy atom. The van der Waals surface area contributed by atoms with Crippen LogP contribution in [-0.4, -0.2) is 62.1 Å². The number of anilines is 1. The molecule has 1 aromatic carbocycles. The molecule has 0 saturated carbocycles. The van der Waals surface area contributed by atoms with Crippen molar-refractivity contribution < 1.29 is 9.53 Å². The second-order valence-electron chi connectivity index (χ2n) is 7.73. The standard InChI is InChI=1S/C23H33N5O2/c1-5-24-23(28-13-11-17(12-14-28)22(29)30-6-2)25-16-18-15-21(27(3)4)26-20-10-8-7-9-19(18)20/h7-10,15,17H,5-6,11-14,16H2,1-4H3,(H,24,25). The molecule has 2 aromatic rings. The summed E-state index contributed by atoms with van der Waals surface area (Å²) in [7, 11) is 4.00. The molecule has 0 radical (unpaired) electrons. The van der Waals surface area contributed by atoms with E-state index in [0.717, 1.165) is 60.7 Å². The first-order chi connectivity index (χ1) is 14.5. The van der Waals surface area contributed by atoms with Crippen LogP contribution in [0.3, 0.4) is 0 Å².